The van der Waals surface area contributed by atoms with E-state index in [9.17, 15) is 19.1 Å². The van der Waals surface area contributed by atoms with Crippen LogP contribution in [0.2, 0.25) is 0 Å². The number of nitrogens with one attached hydrogen (secondary N) is 1. The van der Waals surface area contributed by atoms with Gasteiger partial charge in [0.1, 0.15) is 22.8 Å². The lowest BCUT2D eigenvalue weighted by Crippen LogP contribution is -2.51. The van der Waals surface area contributed by atoms with Crippen LogP contribution < -0.4 is 15.6 Å². The fraction of sp³-hybridized carbons (Fsp3) is 0.500. The van der Waals surface area contributed by atoms with Gasteiger partial charge in [0.05, 0.1) is 11.6 Å². The van der Waals surface area contributed by atoms with Gasteiger partial charge in [-0.15, -0.1) is 0 Å². The Hall–Kier alpha value is -2.48. The fourth-order valence-corrected chi connectivity index (χ4v) is 3.77. The van der Waals surface area contributed by atoms with Crippen LogP contribution in [-0.2, 0) is 0 Å². The minimum absolute atomic E-state index is 0.0706. The Morgan fingerprint density at radius 1 is 1.42 bits per heavy atom. The van der Waals surface area contributed by atoms with Crippen molar-refractivity contribution in [3.63, 3.8) is 0 Å². The Labute approximate surface area is 149 Å². The number of aryl methyl sites for hydroxylation is 1. The molecule has 2 aromatic rings. The minimum atomic E-state index is -1.28. The molecular weight excluding hydrogens is 339 g/mol. The summed E-state index contributed by atoms with van der Waals surface area (Å²) < 4.78 is 15.9. The van der Waals surface area contributed by atoms with Gasteiger partial charge in [-0.2, -0.15) is 0 Å². The molecule has 2 N–H and O–H groups in total. The molecule has 7 nitrogen and oxygen atoms in total. The van der Waals surface area contributed by atoms with Crippen LogP contribution in [0.25, 0.3) is 11.0 Å². The van der Waals surface area contributed by atoms with Crippen LogP contribution in [0.5, 0.6) is 0 Å². The van der Waals surface area contributed by atoms with Crippen molar-refractivity contribution in [2.45, 2.75) is 38.8 Å². The van der Waals surface area contributed by atoms with E-state index in [0.29, 0.717) is 31.1 Å². The third-order valence-corrected chi connectivity index (χ3v) is 5.19. The first-order valence-electron chi connectivity index (χ1n) is 8.85. The number of carboxylic acids is 1. The van der Waals surface area contributed by atoms with Gasteiger partial charge in [0.15, 0.2) is 0 Å². The molecule has 1 aliphatic heterocycles. The molecule has 0 spiro atoms. The average molecular weight is 360 g/mol. The van der Waals surface area contributed by atoms with Gasteiger partial charge in [0, 0.05) is 37.3 Å². The molecule has 1 unspecified atom stereocenters. The molecule has 1 saturated carbocycles. The summed E-state index contributed by atoms with van der Waals surface area (Å²) in [5.41, 5.74) is -0.413. The number of halogens is 1. The zero-order valence-corrected chi connectivity index (χ0v) is 14.8. The Morgan fingerprint density at radius 3 is 2.77 bits per heavy atom. The van der Waals surface area contributed by atoms with Crippen LogP contribution in [0, 0.1) is 12.7 Å². The lowest BCUT2D eigenvalue weighted by atomic mass is 10.1. The quantitative estimate of drug-likeness (QED) is 0.866. The summed E-state index contributed by atoms with van der Waals surface area (Å²) in [7, 11) is 0. The Balaban J connectivity index is 2.10. The lowest BCUT2D eigenvalue weighted by molar-refractivity contribution is 0.0695. The summed E-state index contributed by atoms with van der Waals surface area (Å²) in [6.45, 7) is 5.41. The van der Waals surface area contributed by atoms with Gasteiger partial charge in [-0.1, -0.05) is 0 Å². The van der Waals surface area contributed by atoms with Crippen molar-refractivity contribution >= 4 is 22.8 Å². The molecule has 0 bridgehead atoms. The minimum Gasteiger partial charge on any atom is -0.477 e. The SMILES string of the molecule is Cc1c(F)cnc2c1c(=O)c(C(=O)O)c(N1CCNC(C)C1)n2C1CC1. The number of aromatic nitrogens is 2. The highest BCUT2D eigenvalue weighted by Gasteiger charge is 2.35. The number of carbonyl (C=O) groups is 1. The van der Waals surface area contributed by atoms with E-state index in [1.165, 1.54) is 6.92 Å². The summed E-state index contributed by atoms with van der Waals surface area (Å²) in [5, 5.41) is 13.2. The number of hydrogen-bond donors (Lipinski definition) is 2. The average Bonchev–Trinajstić information content (AvgIpc) is 3.42. The number of anilines is 1. The van der Waals surface area contributed by atoms with E-state index < -0.39 is 17.2 Å². The van der Waals surface area contributed by atoms with E-state index in [-0.39, 0.29) is 28.6 Å². The van der Waals surface area contributed by atoms with Gasteiger partial charge in [-0.3, -0.25) is 4.79 Å². The molecule has 138 valence electrons. The Kier molecular flexibility index (Phi) is 3.95. The number of aromatic carboxylic acids is 1. The molecule has 1 saturated heterocycles. The lowest BCUT2D eigenvalue weighted by Gasteiger charge is -2.36. The maximum Gasteiger partial charge on any atom is 0.343 e. The first-order valence-corrected chi connectivity index (χ1v) is 8.85. The highest BCUT2D eigenvalue weighted by molar-refractivity contribution is 5.98. The normalized spacial score (nSPS) is 20.6. The summed E-state index contributed by atoms with van der Waals surface area (Å²) in [6, 6.07) is 0.264. The second-order valence-corrected chi connectivity index (χ2v) is 7.16. The van der Waals surface area contributed by atoms with Gasteiger partial charge < -0.3 is 19.9 Å². The van der Waals surface area contributed by atoms with Crippen molar-refractivity contribution in [2.75, 3.05) is 24.5 Å². The van der Waals surface area contributed by atoms with E-state index in [1.54, 1.807) is 0 Å². The van der Waals surface area contributed by atoms with Crippen molar-refractivity contribution in [3.8, 4) is 0 Å². The molecule has 2 fully saturated rings. The van der Waals surface area contributed by atoms with Crippen molar-refractivity contribution in [2.24, 2.45) is 0 Å². The highest BCUT2D eigenvalue weighted by atomic mass is 19.1. The van der Waals surface area contributed by atoms with Crippen LogP contribution in [-0.4, -0.2) is 46.3 Å². The Bertz CT molecular complexity index is 967. The number of nitrogens with zero attached hydrogens (tertiary/aromatic N) is 3. The zero-order valence-electron chi connectivity index (χ0n) is 14.8. The largest absolute Gasteiger partial charge is 0.477 e. The second kappa shape index (κ2) is 6.05. The summed E-state index contributed by atoms with van der Waals surface area (Å²) in [4.78, 5) is 31.2. The van der Waals surface area contributed by atoms with Crippen LogP contribution in [0.1, 0.15) is 41.7 Å². The van der Waals surface area contributed by atoms with Gasteiger partial charge in [-0.25, -0.2) is 14.2 Å². The molecule has 4 rings (SSSR count). The number of rotatable bonds is 3. The molecule has 1 atom stereocenters. The number of pyridine rings is 2. The smallest absolute Gasteiger partial charge is 0.343 e. The molecule has 0 aromatic carbocycles. The van der Waals surface area contributed by atoms with E-state index in [0.717, 1.165) is 19.0 Å². The Morgan fingerprint density at radius 2 is 2.15 bits per heavy atom. The van der Waals surface area contributed by atoms with Gasteiger partial charge in [0.25, 0.3) is 0 Å². The van der Waals surface area contributed by atoms with E-state index >= 15 is 0 Å². The van der Waals surface area contributed by atoms with Crippen molar-refractivity contribution < 1.29 is 14.3 Å². The van der Waals surface area contributed by atoms with Crippen LogP contribution in [0.4, 0.5) is 10.2 Å². The molecule has 1 aliphatic carbocycles. The summed E-state index contributed by atoms with van der Waals surface area (Å²) in [5.74, 6) is -1.47. The highest BCUT2D eigenvalue weighted by Crippen LogP contribution is 2.41. The molecule has 2 aromatic heterocycles. The van der Waals surface area contributed by atoms with E-state index in [1.807, 2.05) is 16.4 Å². The summed E-state index contributed by atoms with van der Waals surface area (Å²) >= 11 is 0. The third kappa shape index (κ3) is 2.56. The maximum atomic E-state index is 14.0. The fourth-order valence-electron chi connectivity index (χ4n) is 3.77. The molecule has 26 heavy (non-hydrogen) atoms. The van der Waals surface area contributed by atoms with Gasteiger partial charge in [-0.05, 0) is 26.7 Å². The van der Waals surface area contributed by atoms with Gasteiger partial charge in [0.2, 0.25) is 5.43 Å². The molecule has 0 radical (unpaired) electrons. The molecule has 8 heteroatoms. The van der Waals surface area contributed by atoms with E-state index in [4.69, 9.17) is 0 Å². The third-order valence-electron chi connectivity index (χ3n) is 5.19. The topological polar surface area (TPSA) is 87.5 Å². The molecule has 0 amide bonds. The number of fused-ring (bicyclic) bond motifs is 1. The van der Waals surface area contributed by atoms with Crippen LogP contribution in [0.15, 0.2) is 11.0 Å². The van der Waals surface area contributed by atoms with Crippen LogP contribution in [0.3, 0.4) is 0 Å². The predicted octanol–water partition coefficient (Wildman–Crippen LogP) is 1.68. The monoisotopic (exact) mass is 360 g/mol. The number of carboxylic acid groups (broad SMARTS) is 1. The summed E-state index contributed by atoms with van der Waals surface area (Å²) in [6.07, 6.45) is 2.90. The van der Waals surface area contributed by atoms with E-state index in [2.05, 4.69) is 10.3 Å². The van der Waals surface area contributed by atoms with Crippen LogP contribution >= 0.6 is 0 Å². The standard InChI is InChI=1S/C18H21FN4O3/c1-9-8-22(6-5-20-9)17-14(18(25)26)15(24)13-10(2)12(19)7-21-16(13)23(17)11-3-4-11/h7,9,11,20H,3-6,8H2,1-2H3,(H,25,26). The zero-order chi connectivity index (χ0) is 18.6. The van der Waals surface area contributed by atoms with Crippen molar-refractivity contribution in [1.82, 2.24) is 14.9 Å². The molecule has 3 heterocycles. The maximum absolute atomic E-state index is 14.0. The number of piperazine rings is 1. The van der Waals surface area contributed by atoms with Gasteiger partial charge >= 0.3 is 5.97 Å². The predicted molar refractivity (Wildman–Crippen MR) is 95.6 cm³/mol. The van der Waals surface area contributed by atoms with Crippen molar-refractivity contribution in [1.29, 1.82) is 0 Å². The van der Waals surface area contributed by atoms with Crippen molar-refractivity contribution in [3.05, 3.63) is 33.4 Å². The first kappa shape index (κ1) is 17.0. The second-order valence-electron chi connectivity index (χ2n) is 7.16. The molecular formula is C18H21FN4O3. The molecule has 2 aliphatic rings. The number of hydrogen-bond acceptors (Lipinski definition) is 5. The first-order chi connectivity index (χ1) is 12.4.